The van der Waals surface area contributed by atoms with Gasteiger partial charge in [0.05, 0.1) is 0 Å². The highest BCUT2D eigenvalue weighted by Crippen LogP contribution is 2.13. The van der Waals surface area contributed by atoms with Crippen LogP contribution in [-0.4, -0.2) is 42.1 Å². The van der Waals surface area contributed by atoms with Gasteiger partial charge < -0.3 is 14.2 Å². The molecule has 0 saturated heterocycles. The average Bonchev–Trinajstić information content (AvgIpc) is 3.09. The van der Waals surface area contributed by atoms with Crippen LogP contribution in [0.5, 0.6) is 0 Å². The molecule has 0 fully saturated rings. The third kappa shape index (κ3) is 36.1. The fourth-order valence-electron chi connectivity index (χ4n) is 5.53. The van der Waals surface area contributed by atoms with Crippen molar-refractivity contribution in [1.29, 1.82) is 0 Å². The van der Waals surface area contributed by atoms with Crippen LogP contribution in [0.1, 0.15) is 194 Å². The number of halogens is 2. The van der Waals surface area contributed by atoms with Crippen molar-refractivity contribution >= 4 is 41.1 Å². The van der Waals surface area contributed by atoms with Gasteiger partial charge in [0.2, 0.25) is 4.84 Å². The smallest absolute Gasteiger partial charge is 0.339 e. The number of ether oxygens (including phenoxy) is 3. The van der Waals surface area contributed by atoms with Crippen LogP contribution in [0, 0.1) is 0 Å². The van der Waals surface area contributed by atoms with Gasteiger partial charge in [-0.2, -0.15) is 0 Å². The fourth-order valence-corrected chi connectivity index (χ4v) is 5.63. The van der Waals surface area contributed by atoms with Gasteiger partial charge in [0.1, 0.15) is 13.2 Å². The highest BCUT2D eigenvalue weighted by Gasteiger charge is 2.23. The topological polar surface area (TPSA) is 78.9 Å². The van der Waals surface area contributed by atoms with E-state index in [1.165, 1.54) is 103 Å². The molecule has 0 aromatic heterocycles. The maximum absolute atomic E-state index is 12.3. The van der Waals surface area contributed by atoms with Gasteiger partial charge in [0, 0.05) is 12.8 Å². The second kappa shape index (κ2) is 37.7. The lowest BCUT2D eigenvalue weighted by Crippen LogP contribution is -2.32. The molecule has 0 aromatic carbocycles. The summed E-state index contributed by atoms with van der Waals surface area (Å²) in [5.41, 5.74) is 0. The summed E-state index contributed by atoms with van der Waals surface area (Å²) in [5, 5.41) is 0. The Bertz CT molecular complexity index is 773. The first-order valence-electron chi connectivity index (χ1n) is 20.0. The minimum atomic E-state index is -1.37. The first-order chi connectivity index (χ1) is 23.9. The van der Waals surface area contributed by atoms with E-state index in [9.17, 15) is 14.4 Å². The normalized spacial score (nSPS) is 11.7. The minimum absolute atomic E-state index is 0.211. The summed E-state index contributed by atoms with van der Waals surface area (Å²) < 4.78 is 15.8. The summed E-state index contributed by atoms with van der Waals surface area (Å²) in [5.74, 6) is -1.60. The molecule has 49 heavy (non-hydrogen) atoms. The van der Waals surface area contributed by atoms with Crippen LogP contribution in [0.2, 0.25) is 0 Å². The number of carbonyl (C=O) groups excluding carboxylic acids is 3. The molecule has 0 aliphatic rings. The minimum Gasteiger partial charge on any atom is -0.462 e. The van der Waals surface area contributed by atoms with E-state index < -0.39 is 16.9 Å². The van der Waals surface area contributed by atoms with E-state index in [-0.39, 0.29) is 25.2 Å². The molecule has 0 rings (SSSR count). The lowest BCUT2D eigenvalue weighted by molar-refractivity contribution is -0.165. The van der Waals surface area contributed by atoms with E-state index in [4.69, 9.17) is 37.4 Å². The maximum Gasteiger partial charge on any atom is 0.339 e. The summed E-state index contributed by atoms with van der Waals surface area (Å²) in [4.78, 5) is 35.1. The van der Waals surface area contributed by atoms with Gasteiger partial charge in [-0.25, -0.2) is 4.79 Å². The molecule has 0 aliphatic carbocycles. The highest BCUT2D eigenvalue weighted by atomic mass is 35.5. The Morgan fingerprint density at radius 1 is 0.469 bits per heavy atom. The first-order valence-corrected chi connectivity index (χ1v) is 20.9. The average molecular weight is 732 g/mol. The first kappa shape index (κ1) is 47.5. The number of hydrogen-bond donors (Lipinski definition) is 0. The molecule has 0 atom stereocenters. The zero-order valence-corrected chi connectivity index (χ0v) is 32.9. The van der Waals surface area contributed by atoms with Crippen molar-refractivity contribution in [3.05, 3.63) is 24.3 Å². The number of allylic oxidation sites excluding steroid dienone is 4. The maximum atomic E-state index is 12.3. The molecular weight excluding hydrogens is 659 g/mol. The lowest BCUT2D eigenvalue weighted by atomic mass is 10.1. The Hall–Kier alpha value is -1.53. The number of hydrogen-bond acceptors (Lipinski definition) is 6. The van der Waals surface area contributed by atoms with E-state index in [0.29, 0.717) is 12.8 Å². The molecule has 0 amide bonds. The predicted octanol–water partition coefficient (Wildman–Crippen LogP) is 12.9. The third-order valence-electron chi connectivity index (χ3n) is 8.61. The lowest BCUT2D eigenvalue weighted by Gasteiger charge is -2.18. The number of rotatable bonds is 36. The molecule has 0 bridgehead atoms. The summed E-state index contributed by atoms with van der Waals surface area (Å²) in [6, 6.07) is 0. The Kier molecular flexibility index (Phi) is 36.5. The van der Waals surface area contributed by atoms with Crippen molar-refractivity contribution in [3.63, 3.8) is 0 Å². The molecule has 0 heterocycles. The van der Waals surface area contributed by atoms with Crippen LogP contribution in [0.3, 0.4) is 0 Å². The molecule has 0 N–H and O–H groups in total. The van der Waals surface area contributed by atoms with Gasteiger partial charge in [-0.15, -0.1) is 0 Å². The quantitative estimate of drug-likeness (QED) is 0.0210. The van der Waals surface area contributed by atoms with E-state index in [2.05, 4.69) is 38.2 Å². The Labute approximate surface area is 310 Å². The number of esters is 3. The molecule has 286 valence electrons. The SMILES string of the molecule is CCCCCCCC/C=C\CCCCCCCC(=O)OCC(COC(=O)CCCCCCC/C=C\CCCCCCCC)OC(=O)C(Cl)Cl. The summed E-state index contributed by atoms with van der Waals surface area (Å²) in [7, 11) is 0. The van der Waals surface area contributed by atoms with Crippen molar-refractivity contribution in [3.8, 4) is 0 Å². The van der Waals surface area contributed by atoms with Gasteiger partial charge in [-0.1, -0.05) is 164 Å². The molecular formula is C41H72Cl2O6. The number of alkyl halides is 2. The Morgan fingerprint density at radius 3 is 1.10 bits per heavy atom. The van der Waals surface area contributed by atoms with Gasteiger partial charge in [0.25, 0.3) is 0 Å². The van der Waals surface area contributed by atoms with E-state index >= 15 is 0 Å². The van der Waals surface area contributed by atoms with Crippen LogP contribution in [0.15, 0.2) is 24.3 Å². The highest BCUT2D eigenvalue weighted by molar-refractivity contribution is 6.52. The van der Waals surface area contributed by atoms with Crippen molar-refractivity contribution in [2.45, 2.75) is 205 Å². The van der Waals surface area contributed by atoms with Gasteiger partial charge >= 0.3 is 17.9 Å². The second-order valence-electron chi connectivity index (χ2n) is 13.4. The molecule has 0 radical (unpaired) electrons. The second-order valence-corrected chi connectivity index (χ2v) is 14.5. The van der Waals surface area contributed by atoms with Crippen LogP contribution in [0.4, 0.5) is 0 Å². The van der Waals surface area contributed by atoms with Gasteiger partial charge in [-0.3, -0.25) is 9.59 Å². The third-order valence-corrected chi connectivity index (χ3v) is 8.96. The fraction of sp³-hybridized carbons (Fsp3) is 0.829. The zero-order valence-electron chi connectivity index (χ0n) is 31.4. The van der Waals surface area contributed by atoms with Crippen molar-refractivity contribution in [2.24, 2.45) is 0 Å². The summed E-state index contributed by atoms with van der Waals surface area (Å²) in [6.07, 6.45) is 39.7. The standard InChI is InChI=1S/C41H72Cl2O6/c1-3-5-7-9-11-13-15-17-19-21-23-25-27-29-31-33-38(44)47-35-37(49-41(46)40(42)43)36-48-39(45)34-32-30-28-26-24-22-20-18-16-14-12-10-8-6-4-2/h17-20,37,40H,3-16,21-36H2,1-2H3/b19-17-,20-18-. The summed E-state index contributed by atoms with van der Waals surface area (Å²) >= 11 is 11.2. The van der Waals surface area contributed by atoms with Crippen molar-refractivity contribution in [2.75, 3.05) is 13.2 Å². The Balaban J connectivity index is 3.96. The molecule has 0 aromatic rings. The number of carbonyl (C=O) groups is 3. The number of unbranched alkanes of at least 4 members (excludes halogenated alkanes) is 22. The van der Waals surface area contributed by atoms with Gasteiger partial charge in [-0.05, 0) is 64.2 Å². The molecule has 0 saturated carbocycles. The van der Waals surface area contributed by atoms with E-state index in [1.54, 1.807) is 0 Å². The monoisotopic (exact) mass is 730 g/mol. The molecule has 0 spiro atoms. The molecule has 8 heteroatoms. The summed E-state index contributed by atoms with van der Waals surface area (Å²) in [6.45, 7) is 4.08. The molecule has 0 aliphatic heterocycles. The van der Waals surface area contributed by atoms with Crippen molar-refractivity contribution in [1.82, 2.24) is 0 Å². The Morgan fingerprint density at radius 2 is 0.776 bits per heavy atom. The van der Waals surface area contributed by atoms with Crippen LogP contribution >= 0.6 is 23.2 Å². The van der Waals surface area contributed by atoms with E-state index in [1.807, 2.05) is 0 Å². The van der Waals surface area contributed by atoms with Crippen LogP contribution in [0.25, 0.3) is 0 Å². The van der Waals surface area contributed by atoms with Crippen LogP contribution < -0.4 is 0 Å². The zero-order chi connectivity index (χ0) is 36.0. The van der Waals surface area contributed by atoms with Crippen LogP contribution in [-0.2, 0) is 28.6 Å². The molecule has 0 unspecified atom stereocenters. The molecule has 6 nitrogen and oxygen atoms in total. The van der Waals surface area contributed by atoms with E-state index in [0.717, 1.165) is 64.2 Å². The van der Waals surface area contributed by atoms with Crippen molar-refractivity contribution < 1.29 is 28.6 Å². The van der Waals surface area contributed by atoms with Gasteiger partial charge in [0.15, 0.2) is 6.10 Å². The largest absolute Gasteiger partial charge is 0.462 e. The predicted molar refractivity (Wildman–Crippen MR) is 206 cm³/mol.